The van der Waals surface area contributed by atoms with E-state index in [-0.39, 0.29) is 42.1 Å². The zero-order valence-electron chi connectivity index (χ0n) is 36.5. The molecule has 2 atom stereocenters. The Labute approximate surface area is 362 Å². The molecule has 0 N–H and O–H groups in total. The number of hydrogen-bond acceptors (Lipinski definition) is 14. The van der Waals surface area contributed by atoms with Gasteiger partial charge in [0.1, 0.15) is 23.3 Å². The number of unbranched alkanes of at least 4 members (excludes halogenated alkanes) is 2. The van der Waals surface area contributed by atoms with Gasteiger partial charge < -0.3 is 46.8 Å². The third kappa shape index (κ3) is 14.0. The summed E-state index contributed by atoms with van der Waals surface area (Å²) in [4.78, 5) is 23.8. The zero-order chi connectivity index (χ0) is 43.9. The maximum atomic E-state index is 12.0. The standard InChI is InChI=1S/C25H36BNO7.C19H24BrNO5/c1-17(2)22(23(28)29-7)20-16-21(27-32-20)31-15-9-8-14-30-19-12-10-18(11-13-19)26-33-24(3,4)25(5,6)34-26;1-13(2)18(19(22)23-3)16-12-17(21-26-16)25-11-5-4-10-24-15-8-6-14(20)7-9-15/h10-13,16-17,22H,8-9,14-15H2,1-7H3;6-9,12-13,18H,4-5,10-11H2,1-3H3. The van der Waals surface area contributed by atoms with E-state index in [1.807, 2.05) is 104 Å². The van der Waals surface area contributed by atoms with Gasteiger partial charge in [-0.3, -0.25) is 9.59 Å². The van der Waals surface area contributed by atoms with Gasteiger partial charge in [0.05, 0.1) is 51.8 Å². The SMILES string of the molecule is COC(=O)C(c1cc(OCCCCOc2ccc(B3OC(C)(C)C(C)(C)O3)cc2)no1)C(C)C.COC(=O)C(c1cc(OCCCCOc2ccc(Br)cc2)no1)C(C)C. The number of carbonyl (C=O) groups excluding carboxylic acids is 2. The number of nitrogens with zero attached hydrogens (tertiary/aromatic N) is 2. The average Bonchev–Trinajstić information content (AvgIpc) is 3.92. The molecule has 2 aromatic carbocycles. The minimum atomic E-state index is -0.501. The number of methoxy groups -OCH3 is 2. The van der Waals surface area contributed by atoms with Crippen molar-refractivity contribution >= 4 is 40.4 Å². The van der Waals surface area contributed by atoms with E-state index in [1.165, 1.54) is 14.2 Å². The third-order valence-electron chi connectivity index (χ3n) is 10.2. The first kappa shape index (κ1) is 48.1. The number of esters is 2. The van der Waals surface area contributed by atoms with Crippen molar-refractivity contribution in [2.24, 2.45) is 11.8 Å². The second kappa shape index (κ2) is 22.9. The van der Waals surface area contributed by atoms with Crippen molar-refractivity contribution < 1.29 is 56.4 Å². The molecule has 328 valence electrons. The Hall–Kier alpha value is -4.54. The highest BCUT2D eigenvalue weighted by molar-refractivity contribution is 9.10. The molecule has 0 aliphatic carbocycles. The van der Waals surface area contributed by atoms with Gasteiger partial charge in [-0.2, -0.15) is 0 Å². The lowest BCUT2D eigenvalue weighted by Gasteiger charge is -2.32. The molecule has 60 heavy (non-hydrogen) atoms. The molecule has 1 aliphatic heterocycles. The van der Waals surface area contributed by atoms with Gasteiger partial charge in [-0.05, 0) is 117 Å². The van der Waals surface area contributed by atoms with Crippen LogP contribution in [0.1, 0.15) is 104 Å². The molecule has 1 fully saturated rings. The Kier molecular flexibility index (Phi) is 18.4. The summed E-state index contributed by atoms with van der Waals surface area (Å²) in [6.45, 7) is 18.0. The molecule has 4 aromatic rings. The maximum Gasteiger partial charge on any atom is 0.494 e. The normalized spacial score (nSPS) is 15.2. The number of aromatic nitrogens is 2. The van der Waals surface area contributed by atoms with Crippen LogP contribution >= 0.6 is 15.9 Å². The molecule has 0 amide bonds. The van der Waals surface area contributed by atoms with Crippen LogP contribution in [0.25, 0.3) is 0 Å². The van der Waals surface area contributed by atoms with Crippen molar-refractivity contribution in [3.63, 3.8) is 0 Å². The predicted octanol–water partition coefficient (Wildman–Crippen LogP) is 8.71. The van der Waals surface area contributed by atoms with E-state index in [2.05, 4.69) is 26.2 Å². The van der Waals surface area contributed by atoms with Crippen LogP contribution in [0.4, 0.5) is 0 Å². The van der Waals surface area contributed by atoms with Crippen LogP contribution in [-0.4, -0.2) is 81.2 Å². The summed E-state index contributed by atoms with van der Waals surface area (Å²) >= 11 is 3.39. The second-order valence-electron chi connectivity index (χ2n) is 16.0. The van der Waals surface area contributed by atoms with Crippen LogP contribution in [0.2, 0.25) is 0 Å². The molecule has 14 nitrogen and oxygen atoms in total. The van der Waals surface area contributed by atoms with E-state index >= 15 is 0 Å². The number of hydrogen-bond donors (Lipinski definition) is 0. The molecule has 16 heteroatoms. The van der Waals surface area contributed by atoms with E-state index in [0.29, 0.717) is 49.7 Å². The summed E-state index contributed by atoms with van der Waals surface area (Å²) in [6, 6.07) is 18.8. The Morgan fingerprint density at radius 1 is 0.617 bits per heavy atom. The van der Waals surface area contributed by atoms with Crippen LogP contribution in [-0.2, 0) is 28.4 Å². The highest BCUT2D eigenvalue weighted by atomic mass is 79.9. The Morgan fingerprint density at radius 3 is 1.35 bits per heavy atom. The van der Waals surface area contributed by atoms with E-state index in [9.17, 15) is 9.59 Å². The molecule has 2 unspecified atom stereocenters. The number of halogens is 1. The van der Waals surface area contributed by atoms with E-state index in [1.54, 1.807) is 12.1 Å². The van der Waals surface area contributed by atoms with Gasteiger partial charge in [-0.15, -0.1) is 0 Å². The van der Waals surface area contributed by atoms with Crippen molar-refractivity contribution in [3.8, 4) is 23.3 Å². The lowest BCUT2D eigenvalue weighted by molar-refractivity contribution is -0.145. The summed E-state index contributed by atoms with van der Waals surface area (Å²) in [5.74, 6) is 1.69. The fourth-order valence-electron chi connectivity index (χ4n) is 6.03. The van der Waals surface area contributed by atoms with Crippen molar-refractivity contribution in [2.45, 2.75) is 104 Å². The topological polar surface area (TPSA) is 160 Å². The highest BCUT2D eigenvalue weighted by Crippen LogP contribution is 2.36. The molecule has 0 spiro atoms. The third-order valence-corrected chi connectivity index (χ3v) is 10.7. The molecule has 3 heterocycles. The number of rotatable bonds is 21. The van der Waals surface area contributed by atoms with Gasteiger partial charge in [0.15, 0.2) is 11.5 Å². The number of benzene rings is 2. The fourth-order valence-corrected chi connectivity index (χ4v) is 6.30. The van der Waals surface area contributed by atoms with Crippen molar-refractivity contribution in [1.82, 2.24) is 10.3 Å². The molecule has 0 bridgehead atoms. The number of carbonyl (C=O) groups is 2. The summed E-state index contributed by atoms with van der Waals surface area (Å²) in [6.07, 6.45) is 3.29. The molecular weight excluding hydrogens is 839 g/mol. The Balaban J connectivity index is 0.000000275. The highest BCUT2D eigenvalue weighted by Gasteiger charge is 2.51. The van der Waals surface area contributed by atoms with E-state index in [0.717, 1.165) is 47.1 Å². The molecule has 1 saturated heterocycles. The van der Waals surface area contributed by atoms with Gasteiger partial charge >= 0.3 is 19.1 Å². The fraction of sp³-hybridized carbons (Fsp3) is 0.545. The van der Waals surface area contributed by atoms with Gasteiger partial charge in [-0.1, -0.05) is 55.8 Å². The molecular formula is C44H60BBrN2O12. The van der Waals surface area contributed by atoms with Crippen LogP contribution in [0.15, 0.2) is 74.2 Å². The van der Waals surface area contributed by atoms with Crippen molar-refractivity contribution in [2.75, 3.05) is 40.6 Å². The Bertz CT molecular complexity index is 1880. The summed E-state index contributed by atoms with van der Waals surface area (Å²) in [5.41, 5.74) is 0.248. The largest absolute Gasteiger partial charge is 0.494 e. The van der Waals surface area contributed by atoms with Crippen LogP contribution in [0, 0.1) is 11.8 Å². The van der Waals surface area contributed by atoms with Gasteiger partial charge in [-0.25, -0.2) is 0 Å². The maximum absolute atomic E-state index is 12.0. The monoisotopic (exact) mass is 898 g/mol. The minimum Gasteiger partial charge on any atom is -0.494 e. The average molecular weight is 900 g/mol. The first-order chi connectivity index (χ1) is 28.5. The first-order valence-corrected chi connectivity index (χ1v) is 21.2. The van der Waals surface area contributed by atoms with E-state index in [4.69, 9.17) is 46.8 Å². The minimum absolute atomic E-state index is 0.0244. The first-order valence-electron chi connectivity index (χ1n) is 20.4. The molecule has 1 aliphatic rings. The zero-order valence-corrected chi connectivity index (χ0v) is 38.1. The van der Waals surface area contributed by atoms with E-state index < -0.39 is 11.8 Å². The summed E-state index contributed by atoms with van der Waals surface area (Å²) in [7, 11) is 2.35. The van der Waals surface area contributed by atoms with Gasteiger partial charge in [0.2, 0.25) is 0 Å². The second-order valence-corrected chi connectivity index (χ2v) is 17.0. The Morgan fingerprint density at radius 2 is 0.983 bits per heavy atom. The molecule has 0 radical (unpaired) electrons. The smallest absolute Gasteiger partial charge is 0.494 e. The molecule has 2 aromatic heterocycles. The predicted molar refractivity (Wildman–Crippen MR) is 229 cm³/mol. The number of ether oxygens (including phenoxy) is 6. The van der Waals surface area contributed by atoms with Gasteiger partial charge in [0.25, 0.3) is 11.8 Å². The quantitative estimate of drug-likeness (QED) is 0.0444. The summed E-state index contributed by atoms with van der Waals surface area (Å²) < 4.78 is 56.1. The molecule has 0 saturated carbocycles. The lowest BCUT2D eigenvalue weighted by atomic mass is 9.79. The molecule has 5 rings (SSSR count). The lowest BCUT2D eigenvalue weighted by Crippen LogP contribution is -2.41. The van der Waals surface area contributed by atoms with Crippen LogP contribution in [0.3, 0.4) is 0 Å². The van der Waals surface area contributed by atoms with Crippen molar-refractivity contribution in [3.05, 3.63) is 76.7 Å². The van der Waals surface area contributed by atoms with Crippen LogP contribution < -0.4 is 24.4 Å². The summed E-state index contributed by atoms with van der Waals surface area (Å²) in [5, 5.41) is 7.77. The van der Waals surface area contributed by atoms with Crippen LogP contribution in [0.5, 0.6) is 23.3 Å². The van der Waals surface area contributed by atoms with Crippen molar-refractivity contribution in [1.29, 1.82) is 0 Å². The van der Waals surface area contributed by atoms with Gasteiger partial charge in [0, 0.05) is 16.6 Å².